The standard InChI is InChI=1S/C11H25N3O2/c1-9(2)10(14(3)4)7-13-11(15)8-16-6-5-12/h9-10H,5-8,12H2,1-4H3,(H,13,15). The maximum Gasteiger partial charge on any atom is 0.246 e. The van der Waals surface area contributed by atoms with Gasteiger partial charge in [0, 0.05) is 19.1 Å². The van der Waals surface area contributed by atoms with Gasteiger partial charge in [0.2, 0.25) is 5.91 Å². The van der Waals surface area contributed by atoms with E-state index in [0.717, 1.165) is 0 Å². The molecule has 0 aromatic heterocycles. The van der Waals surface area contributed by atoms with E-state index < -0.39 is 0 Å². The molecule has 0 fully saturated rings. The van der Waals surface area contributed by atoms with Crippen LogP contribution in [0.1, 0.15) is 13.8 Å². The molecule has 16 heavy (non-hydrogen) atoms. The van der Waals surface area contributed by atoms with Crippen molar-refractivity contribution < 1.29 is 9.53 Å². The van der Waals surface area contributed by atoms with Crippen molar-refractivity contribution in [3.05, 3.63) is 0 Å². The lowest BCUT2D eigenvalue weighted by atomic mass is 10.0. The minimum absolute atomic E-state index is 0.0825. The highest BCUT2D eigenvalue weighted by Gasteiger charge is 2.16. The van der Waals surface area contributed by atoms with Gasteiger partial charge in [0.1, 0.15) is 6.61 Å². The van der Waals surface area contributed by atoms with Gasteiger partial charge in [-0.2, -0.15) is 0 Å². The van der Waals surface area contributed by atoms with Crippen LogP contribution in [0.4, 0.5) is 0 Å². The highest BCUT2D eigenvalue weighted by molar-refractivity contribution is 5.77. The van der Waals surface area contributed by atoms with E-state index >= 15 is 0 Å². The maximum atomic E-state index is 11.4. The molecule has 0 spiro atoms. The van der Waals surface area contributed by atoms with E-state index in [9.17, 15) is 4.79 Å². The molecule has 0 aromatic rings. The first kappa shape index (κ1) is 15.3. The largest absolute Gasteiger partial charge is 0.370 e. The third-order valence-electron chi connectivity index (χ3n) is 2.44. The van der Waals surface area contributed by atoms with E-state index in [-0.39, 0.29) is 12.5 Å². The van der Waals surface area contributed by atoms with Gasteiger partial charge in [-0.25, -0.2) is 0 Å². The zero-order valence-corrected chi connectivity index (χ0v) is 10.8. The normalized spacial score (nSPS) is 13.2. The molecular formula is C11H25N3O2. The maximum absolute atomic E-state index is 11.4. The van der Waals surface area contributed by atoms with Gasteiger partial charge in [-0.1, -0.05) is 13.8 Å². The van der Waals surface area contributed by atoms with Crippen molar-refractivity contribution in [3.63, 3.8) is 0 Å². The van der Waals surface area contributed by atoms with E-state index in [0.29, 0.717) is 31.7 Å². The number of amides is 1. The highest BCUT2D eigenvalue weighted by atomic mass is 16.5. The number of nitrogens with one attached hydrogen (secondary N) is 1. The average molecular weight is 231 g/mol. The van der Waals surface area contributed by atoms with Crippen LogP contribution in [0.2, 0.25) is 0 Å². The molecule has 0 heterocycles. The van der Waals surface area contributed by atoms with Crippen LogP contribution in [0.15, 0.2) is 0 Å². The van der Waals surface area contributed by atoms with E-state index in [4.69, 9.17) is 10.5 Å². The Morgan fingerprint density at radius 3 is 2.50 bits per heavy atom. The lowest BCUT2D eigenvalue weighted by Crippen LogP contribution is -2.44. The smallest absolute Gasteiger partial charge is 0.246 e. The summed E-state index contributed by atoms with van der Waals surface area (Å²) in [4.78, 5) is 13.5. The van der Waals surface area contributed by atoms with Crippen molar-refractivity contribution in [3.8, 4) is 0 Å². The van der Waals surface area contributed by atoms with E-state index in [1.807, 2.05) is 14.1 Å². The summed E-state index contributed by atoms with van der Waals surface area (Å²) >= 11 is 0. The number of ether oxygens (including phenoxy) is 1. The van der Waals surface area contributed by atoms with E-state index in [2.05, 4.69) is 24.1 Å². The summed E-state index contributed by atoms with van der Waals surface area (Å²) in [6, 6.07) is 0.346. The Bertz CT molecular complexity index is 188. The molecule has 5 nitrogen and oxygen atoms in total. The molecule has 1 atom stereocenters. The van der Waals surface area contributed by atoms with Crippen LogP contribution >= 0.6 is 0 Å². The van der Waals surface area contributed by atoms with Gasteiger partial charge in [0.05, 0.1) is 6.61 Å². The molecule has 5 heteroatoms. The Hall–Kier alpha value is -0.650. The molecule has 0 radical (unpaired) electrons. The Labute approximate surface area is 98.3 Å². The van der Waals surface area contributed by atoms with Crippen LogP contribution in [-0.2, 0) is 9.53 Å². The van der Waals surface area contributed by atoms with Crippen molar-refractivity contribution >= 4 is 5.91 Å². The van der Waals surface area contributed by atoms with Crippen molar-refractivity contribution in [2.24, 2.45) is 11.7 Å². The predicted molar refractivity (Wildman–Crippen MR) is 65.2 cm³/mol. The van der Waals surface area contributed by atoms with Crippen LogP contribution in [0.5, 0.6) is 0 Å². The Morgan fingerprint density at radius 2 is 2.06 bits per heavy atom. The zero-order chi connectivity index (χ0) is 12.6. The summed E-state index contributed by atoms with van der Waals surface area (Å²) in [5, 5.41) is 2.86. The second kappa shape index (κ2) is 8.50. The fraction of sp³-hybridized carbons (Fsp3) is 0.909. The molecule has 0 aliphatic rings. The molecule has 0 aliphatic carbocycles. The van der Waals surface area contributed by atoms with Gasteiger partial charge in [-0.05, 0) is 20.0 Å². The molecular weight excluding hydrogens is 206 g/mol. The van der Waals surface area contributed by atoms with Gasteiger partial charge in [0.25, 0.3) is 0 Å². The highest BCUT2D eigenvalue weighted by Crippen LogP contribution is 2.05. The molecule has 0 saturated carbocycles. The fourth-order valence-corrected chi connectivity index (χ4v) is 1.53. The monoisotopic (exact) mass is 231 g/mol. The third kappa shape index (κ3) is 6.76. The molecule has 1 unspecified atom stereocenters. The second-order valence-electron chi connectivity index (χ2n) is 4.42. The quantitative estimate of drug-likeness (QED) is 0.561. The predicted octanol–water partition coefficient (Wildman–Crippen LogP) is -0.336. The minimum Gasteiger partial charge on any atom is -0.370 e. The van der Waals surface area contributed by atoms with Crippen LogP contribution < -0.4 is 11.1 Å². The van der Waals surface area contributed by atoms with Crippen LogP contribution in [0, 0.1) is 5.92 Å². The summed E-state index contributed by atoms with van der Waals surface area (Å²) in [5.74, 6) is 0.418. The topological polar surface area (TPSA) is 67.6 Å². The molecule has 0 bridgehead atoms. The van der Waals surface area contributed by atoms with Gasteiger partial charge in [-0.3, -0.25) is 4.79 Å². The van der Waals surface area contributed by atoms with Crippen LogP contribution in [-0.4, -0.2) is 57.2 Å². The fourth-order valence-electron chi connectivity index (χ4n) is 1.53. The van der Waals surface area contributed by atoms with E-state index in [1.165, 1.54) is 0 Å². The number of likely N-dealkylation sites (N-methyl/N-ethyl adjacent to an activating group) is 1. The first-order chi connectivity index (χ1) is 7.49. The molecule has 0 aliphatic heterocycles. The first-order valence-corrected chi connectivity index (χ1v) is 5.70. The Balaban J connectivity index is 3.79. The summed E-state index contributed by atoms with van der Waals surface area (Å²) in [5.41, 5.74) is 5.25. The van der Waals surface area contributed by atoms with Crippen molar-refractivity contribution in [1.82, 2.24) is 10.2 Å². The number of hydrogen-bond donors (Lipinski definition) is 2. The number of hydrogen-bond acceptors (Lipinski definition) is 4. The lowest BCUT2D eigenvalue weighted by molar-refractivity contribution is -0.125. The van der Waals surface area contributed by atoms with Gasteiger partial charge in [-0.15, -0.1) is 0 Å². The molecule has 0 aromatic carbocycles. The number of rotatable bonds is 8. The van der Waals surface area contributed by atoms with Gasteiger partial charge < -0.3 is 20.7 Å². The Morgan fingerprint density at radius 1 is 1.44 bits per heavy atom. The van der Waals surface area contributed by atoms with Crippen molar-refractivity contribution in [1.29, 1.82) is 0 Å². The van der Waals surface area contributed by atoms with Gasteiger partial charge in [0.15, 0.2) is 0 Å². The summed E-state index contributed by atoms with van der Waals surface area (Å²) in [7, 11) is 4.03. The molecule has 0 rings (SSSR count). The van der Waals surface area contributed by atoms with E-state index in [1.54, 1.807) is 0 Å². The number of carbonyl (C=O) groups excluding carboxylic acids is 1. The Kier molecular flexibility index (Phi) is 8.15. The lowest BCUT2D eigenvalue weighted by Gasteiger charge is -2.28. The number of carbonyl (C=O) groups is 1. The third-order valence-corrected chi connectivity index (χ3v) is 2.44. The molecule has 0 saturated heterocycles. The minimum atomic E-state index is -0.0825. The first-order valence-electron chi connectivity index (χ1n) is 5.70. The van der Waals surface area contributed by atoms with Crippen LogP contribution in [0.3, 0.4) is 0 Å². The van der Waals surface area contributed by atoms with Gasteiger partial charge >= 0.3 is 0 Å². The summed E-state index contributed by atoms with van der Waals surface area (Å²) in [6.45, 7) is 5.89. The average Bonchev–Trinajstić information content (AvgIpc) is 2.17. The summed E-state index contributed by atoms with van der Waals surface area (Å²) < 4.78 is 5.05. The van der Waals surface area contributed by atoms with Crippen molar-refractivity contribution in [2.75, 3.05) is 40.4 Å². The SMILES string of the molecule is CC(C)C(CNC(=O)COCCN)N(C)C. The number of nitrogens with zero attached hydrogens (tertiary/aromatic N) is 1. The molecule has 1 amide bonds. The second-order valence-corrected chi connectivity index (χ2v) is 4.42. The number of nitrogens with two attached hydrogens (primary N) is 1. The van der Waals surface area contributed by atoms with Crippen molar-refractivity contribution in [2.45, 2.75) is 19.9 Å². The molecule has 96 valence electrons. The summed E-state index contributed by atoms with van der Waals surface area (Å²) in [6.07, 6.45) is 0. The zero-order valence-electron chi connectivity index (χ0n) is 10.8. The molecule has 3 N–H and O–H groups in total. The van der Waals surface area contributed by atoms with Crippen LogP contribution in [0.25, 0.3) is 0 Å².